The van der Waals surface area contributed by atoms with Crippen molar-refractivity contribution in [3.8, 4) is 0 Å². The minimum absolute atomic E-state index is 0.421. The zero-order valence-electron chi connectivity index (χ0n) is 19.1. The van der Waals surface area contributed by atoms with Gasteiger partial charge in [0.1, 0.15) is 0 Å². The molecule has 0 heterocycles. The van der Waals surface area contributed by atoms with Crippen LogP contribution in [-0.2, 0) is 0 Å². The number of hydrogen-bond donors (Lipinski definition) is 0. The van der Waals surface area contributed by atoms with Crippen molar-refractivity contribution in [2.45, 2.75) is 105 Å². The number of allylic oxidation sites excluding steroid dienone is 2. The molecule has 8 fully saturated rings. The SMILES string of the molecule is C=CC12CC3(C)CC(C)(C1)CC(C14CC5(C)CC(C)(CC(C=C)(C5)C1)C4)(C3)C2. The first-order valence-electron chi connectivity index (χ1n) is 12.1. The molecule has 8 rings (SSSR count). The van der Waals surface area contributed by atoms with Crippen molar-refractivity contribution in [2.75, 3.05) is 0 Å². The third-order valence-corrected chi connectivity index (χ3v) is 11.3. The van der Waals surface area contributed by atoms with E-state index in [0.717, 1.165) is 0 Å². The Morgan fingerprint density at radius 3 is 0.964 bits per heavy atom. The van der Waals surface area contributed by atoms with Gasteiger partial charge in [0, 0.05) is 0 Å². The second kappa shape index (κ2) is 4.55. The lowest BCUT2D eigenvalue weighted by Crippen LogP contribution is -2.70. The molecule has 0 heteroatoms. The lowest BCUT2D eigenvalue weighted by Gasteiger charge is -2.79. The van der Waals surface area contributed by atoms with Crippen LogP contribution in [0, 0.1) is 43.3 Å². The molecule has 0 aromatic heterocycles. The molecule has 0 saturated heterocycles. The summed E-state index contributed by atoms with van der Waals surface area (Å²) in [7, 11) is 0. The second-order valence-corrected chi connectivity index (χ2v) is 15.1. The summed E-state index contributed by atoms with van der Waals surface area (Å²) in [5, 5.41) is 0. The molecule has 8 bridgehead atoms. The first kappa shape index (κ1) is 18.3. The standard InChI is InChI=1S/C28H42/c1-7-25-11-21(3)9-22(4,12-25)16-27(15-21,19-25)28-17-23(5)10-24(6,18-28)14-26(8-2,13-23)20-28/h7-8H,1-2,9-20H2,3-6H3. The molecule has 0 N–H and O–H groups in total. The van der Waals surface area contributed by atoms with Gasteiger partial charge in [-0.15, -0.1) is 13.2 Å². The fourth-order valence-corrected chi connectivity index (χ4v) is 13.1. The minimum atomic E-state index is 0.421. The fraction of sp³-hybridized carbons (Fsp3) is 0.857. The van der Waals surface area contributed by atoms with Gasteiger partial charge in [0.15, 0.2) is 0 Å². The Morgan fingerprint density at radius 2 is 0.714 bits per heavy atom. The highest BCUT2D eigenvalue weighted by Crippen LogP contribution is 2.85. The first-order valence-corrected chi connectivity index (χ1v) is 12.1. The van der Waals surface area contributed by atoms with Crippen molar-refractivity contribution in [1.82, 2.24) is 0 Å². The summed E-state index contributed by atoms with van der Waals surface area (Å²) in [6.45, 7) is 19.5. The van der Waals surface area contributed by atoms with E-state index in [9.17, 15) is 0 Å². The Balaban J connectivity index is 1.54. The third kappa shape index (κ3) is 2.04. The summed E-state index contributed by atoms with van der Waals surface area (Å²) in [5.41, 5.74) is 4.13. The number of rotatable bonds is 3. The van der Waals surface area contributed by atoms with Gasteiger partial charge in [0.25, 0.3) is 0 Å². The third-order valence-electron chi connectivity index (χ3n) is 11.3. The predicted octanol–water partition coefficient (Wildman–Crippen LogP) is 8.09. The monoisotopic (exact) mass is 378 g/mol. The van der Waals surface area contributed by atoms with Gasteiger partial charge in [-0.1, -0.05) is 39.8 Å². The van der Waals surface area contributed by atoms with E-state index in [0.29, 0.717) is 43.3 Å². The highest BCUT2D eigenvalue weighted by Gasteiger charge is 2.75. The molecule has 0 amide bonds. The van der Waals surface area contributed by atoms with Gasteiger partial charge in [0.2, 0.25) is 0 Å². The summed E-state index contributed by atoms with van der Waals surface area (Å²) in [6, 6.07) is 0. The van der Waals surface area contributed by atoms with Gasteiger partial charge in [-0.3, -0.25) is 0 Å². The molecule has 4 unspecified atom stereocenters. The number of hydrogen-bond acceptors (Lipinski definition) is 0. The molecule has 8 aliphatic rings. The summed E-state index contributed by atoms with van der Waals surface area (Å²) < 4.78 is 0. The van der Waals surface area contributed by atoms with Crippen molar-refractivity contribution >= 4 is 0 Å². The Kier molecular flexibility index (Phi) is 2.97. The molecule has 8 saturated carbocycles. The maximum absolute atomic E-state index is 4.43. The molecule has 0 aliphatic heterocycles. The van der Waals surface area contributed by atoms with Crippen LogP contribution in [0.25, 0.3) is 0 Å². The Morgan fingerprint density at radius 1 is 0.429 bits per heavy atom. The van der Waals surface area contributed by atoms with Crippen LogP contribution in [0.15, 0.2) is 25.3 Å². The van der Waals surface area contributed by atoms with E-state index >= 15 is 0 Å². The highest BCUT2D eigenvalue weighted by molar-refractivity contribution is 5.28. The van der Waals surface area contributed by atoms with E-state index in [-0.39, 0.29) is 0 Å². The van der Waals surface area contributed by atoms with E-state index < -0.39 is 0 Å². The van der Waals surface area contributed by atoms with Gasteiger partial charge in [-0.2, -0.15) is 0 Å². The summed E-state index contributed by atoms with van der Waals surface area (Å²) >= 11 is 0. The van der Waals surface area contributed by atoms with Crippen LogP contribution in [0.4, 0.5) is 0 Å². The van der Waals surface area contributed by atoms with Crippen LogP contribution in [0.2, 0.25) is 0 Å². The van der Waals surface area contributed by atoms with Crippen molar-refractivity contribution in [1.29, 1.82) is 0 Å². The van der Waals surface area contributed by atoms with Crippen molar-refractivity contribution in [3.63, 3.8) is 0 Å². The van der Waals surface area contributed by atoms with Gasteiger partial charge in [-0.25, -0.2) is 0 Å². The van der Waals surface area contributed by atoms with Crippen molar-refractivity contribution in [3.05, 3.63) is 25.3 Å². The van der Waals surface area contributed by atoms with Crippen LogP contribution in [-0.4, -0.2) is 0 Å². The normalized spacial score (nSPS) is 66.3. The first-order chi connectivity index (χ1) is 12.9. The molecule has 0 aromatic rings. The molecule has 0 aromatic carbocycles. The maximum atomic E-state index is 4.43. The maximum Gasteiger partial charge on any atom is -0.0105 e. The lowest BCUT2D eigenvalue weighted by atomic mass is 9.25. The predicted molar refractivity (Wildman–Crippen MR) is 118 cm³/mol. The van der Waals surface area contributed by atoms with E-state index in [1.807, 2.05) is 0 Å². The molecular weight excluding hydrogens is 336 g/mol. The van der Waals surface area contributed by atoms with Gasteiger partial charge in [0.05, 0.1) is 0 Å². The average molecular weight is 379 g/mol. The van der Waals surface area contributed by atoms with E-state index in [1.54, 1.807) is 0 Å². The quantitative estimate of drug-likeness (QED) is 0.435. The van der Waals surface area contributed by atoms with Crippen LogP contribution in [0.3, 0.4) is 0 Å². The van der Waals surface area contributed by atoms with E-state index in [1.165, 1.54) is 77.0 Å². The van der Waals surface area contributed by atoms with Crippen LogP contribution < -0.4 is 0 Å². The second-order valence-electron chi connectivity index (χ2n) is 15.1. The topological polar surface area (TPSA) is 0 Å². The smallest absolute Gasteiger partial charge is 0.0105 e. The molecule has 4 atom stereocenters. The molecular formula is C28H42. The average Bonchev–Trinajstić information content (AvgIpc) is 2.48. The summed E-state index contributed by atoms with van der Waals surface area (Å²) in [5.74, 6) is 0. The highest BCUT2D eigenvalue weighted by atomic mass is 14.8. The van der Waals surface area contributed by atoms with E-state index in [4.69, 9.17) is 0 Å². The van der Waals surface area contributed by atoms with E-state index in [2.05, 4.69) is 53.0 Å². The Labute approximate surface area is 173 Å². The van der Waals surface area contributed by atoms with Crippen molar-refractivity contribution < 1.29 is 0 Å². The summed E-state index contributed by atoms with van der Waals surface area (Å²) in [6.07, 6.45) is 22.4. The summed E-state index contributed by atoms with van der Waals surface area (Å²) in [4.78, 5) is 0. The Hall–Kier alpha value is -0.520. The van der Waals surface area contributed by atoms with Gasteiger partial charge < -0.3 is 0 Å². The zero-order chi connectivity index (χ0) is 19.9. The van der Waals surface area contributed by atoms with Gasteiger partial charge in [-0.05, 0) is 120 Å². The zero-order valence-corrected chi connectivity index (χ0v) is 19.1. The lowest BCUT2D eigenvalue weighted by molar-refractivity contribution is -0.285. The molecule has 154 valence electrons. The fourth-order valence-electron chi connectivity index (χ4n) is 13.1. The van der Waals surface area contributed by atoms with Crippen LogP contribution >= 0.6 is 0 Å². The molecule has 0 spiro atoms. The van der Waals surface area contributed by atoms with Crippen LogP contribution in [0.1, 0.15) is 105 Å². The molecule has 28 heavy (non-hydrogen) atoms. The Bertz CT molecular complexity index is 680. The molecule has 0 nitrogen and oxygen atoms in total. The van der Waals surface area contributed by atoms with Gasteiger partial charge >= 0.3 is 0 Å². The largest absolute Gasteiger partial charge is 0.103 e. The molecule has 0 radical (unpaired) electrons. The minimum Gasteiger partial charge on any atom is -0.103 e. The molecule has 8 aliphatic carbocycles. The van der Waals surface area contributed by atoms with Crippen molar-refractivity contribution in [2.24, 2.45) is 43.3 Å². The van der Waals surface area contributed by atoms with Crippen LogP contribution in [0.5, 0.6) is 0 Å².